The molecule has 1 atom stereocenters. The number of benzene rings is 1. The highest BCUT2D eigenvalue weighted by molar-refractivity contribution is 5.76. The van der Waals surface area contributed by atoms with Gasteiger partial charge in [0.1, 0.15) is 11.6 Å². The summed E-state index contributed by atoms with van der Waals surface area (Å²) in [6.07, 6.45) is 0.366. The molecule has 4 nitrogen and oxygen atoms in total. The molecule has 0 aliphatic heterocycles. The molecule has 2 N–H and O–H groups in total. The van der Waals surface area contributed by atoms with Crippen LogP contribution in [-0.2, 0) is 16.0 Å². The average molecular weight is 246 g/mol. The van der Waals surface area contributed by atoms with Gasteiger partial charge in [-0.1, -0.05) is 12.1 Å². The van der Waals surface area contributed by atoms with Crippen LogP contribution in [0.4, 0.5) is 0 Å². The van der Waals surface area contributed by atoms with E-state index in [9.17, 15) is 4.79 Å². The molecular formula is C14H18N2O2. The average Bonchev–Trinajstić information content (AvgIpc) is 2.27. The smallest absolute Gasteiger partial charge is 0.323 e. The maximum Gasteiger partial charge on any atom is 0.323 e. The molecule has 18 heavy (non-hydrogen) atoms. The molecule has 0 saturated heterocycles. The van der Waals surface area contributed by atoms with Crippen molar-refractivity contribution in [3.05, 3.63) is 35.4 Å². The maximum absolute atomic E-state index is 11.7. The molecule has 0 bridgehead atoms. The molecule has 4 heteroatoms. The number of rotatable bonds is 3. The van der Waals surface area contributed by atoms with Crippen LogP contribution >= 0.6 is 0 Å². The second-order valence-electron chi connectivity index (χ2n) is 5.16. The van der Waals surface area contributed by atoms with Gasteiger partial charge in [-0.05, 0) is 44.9 Å². The van der Waals surface area contributed by atoms with Crippen molar-refractivity contribution in [2.75, 3.05) is 0 Å². The Morgan fingerprint density at radius 1 is 1.50 bits per heavy atom. The van der Waals surface area contributed by atoms with Gasteiger partial charge >= 0.3 is 5.97 Å². The predicted octanol–water partition coefficient (Wildman–Crippen LogP) is 1.77. The summed E-state index contributed by atoms with van der Waals surface area (Å²) in [5.74, 6) is -0.426. The number of nitriles is 1. The number of esters is 1. The van der Waals surface area contributed by atoms with E-state index in [0.717, 1.165) is 5.56 Å². The van der Waals surface area contributed by atoms with Crippen molar-refractivity contribution >= 4 is 5.97 Å². The van der Waals surface area contributed by atoms with Crippen molar-refractivity contribution in [1.82, 2.24) is 0 Å². The molecule has 0 amide bonds. The van der Waals surface area contributed by atoms with Crippen LogP contribution in [0.1, 0.15) is 31.9 Å². The Morgan fingerprint density at radius 2 is 2.17 bits per heavy atom. The van der Waals surface area contributed by atoms with Gasteiger partial charge in [-0.25, -0.2) is 0 Å². The summed E-state index contributed by atoms with van der Waals surface area (Å²) >= 11 is 0. The lowest BCUT2D eigenvalue weighted by Crippen LogP contribution is -2.38. The molecular weight excluding hydrogens is 228 g/mol. The Bertz CT molecular complexity index is 469. The Morgan fingerprint density at radius 3 is 2.72 bits per heavy atom. The molecule has 0 radical (unpaired) electrons. The molecule has 1 aromatic rings. The van der Waals surface area contributed by atoms with E-state index in [1.54, 1.807) is 39.0 Å². The second-order valence-corrected chi connectivity index (χ2v) is 5.16. The van der Waals surface area contributed by atoms with Crippen LogP contribution in [0, 0.1) is 11.3 Å². The number of ether oxygens (including phenoxy) is 1. The van der Waals surface area contributed by atoms with Gasteiger partial charge in [0.2, 0.25) is 0 Å². The summed E-state index contributed by atoms with van der Waals surface area (Å²) in [6, 6.07) is 8.39. The molecule has 0 aliphatic rings. The van der Waals surface area contributed by atoms with Crippen LogP contribution in [0.25, 0.3) is 0 Å². The zero-order valence-corrected chi connectivity index (χ0v) is 10.9. The number of hydrogen-bond donors (Lipinski definition) is 1. The highest BCUT2D eigenvalue weighted by Gasteiger charge is 2.22. The summed E-state index contributed by atoms with van der Waals surface area (Å²) in [6.45, 7) is 5.40. The van der Waals surface area contributed by atoms with Gasteiger partial charge < -0.3 is 10.5 Å². The first-order chi connectivity index (χ1) is 8.31. The van der Waals surface area contributed by atoms with Crippen molar-refractivity contribution in [3.63, 3.8) is 0 Å². The third-order valence-corrected chi connectivity index (χ3v) is 2.22. The van der Waals surface area contributed by atoms with Crippen molar-refractivity contribution in [2.24, 2.45) is 5.73 Å². The largest absolute Gasteiger partial charge is 0.459 e. The highest BCUT2D eigenvalue weighted by atomic mass is 16.6. The zero-order chi connectivity index (χ0) is 13.8. The van der Waals surface area contributed by atoms with Crippen LogP contribution < -0.4 is 5.73 Å². The fourth-order valence-electron chi connectivity index (χ4n) is 1.48. The minimum absolute atomic E-state index is 0.366. The van der Waals surface area contributed by atoms with Gasteiger partial charge in [0, 0.05) is 0 Å². The first-order valence-electron chi connectivity index (χ1n) is 5.79. The first kappa shape index (κ1) is 14.2. The van der Waals surface area contributed by atoms with Crippen molar-refractivity contribution in [3.8, 4) is 6.07 Å². The van der Waals surface area contributed by atoms with Gasteiger partial charge in [0.15, 0.2) is 0 Å². The Balaban J connectivity index is 2.67. The minimum atomic E-state index is -0.710. The van der Waals surface area contributed by atoms with Gasteiger partial charge in [-0.2, -0.15) is 5.26 Å². The van der Waals surface area contributed by atoms with Crippen LogP contribution in [0.2, 0.25) is 0 Å². The normalized spacial score (nSPS) is 12.6. The van der Waals surface area contributed by atoms with Crippen LogP contribution in [-0.4, -0.2) is 17.6 Å². The van der Waals surface area contributed by atoms with E-state index >= 15 is 0 Å². The summed E-state index contributed by atoms with van der Waals surface area (Å²) in [5, 5.41) is 8.79. The summed E-state index contributed by atoms with van der Waals surface area (Å²) in [7, 11) is 0. The fourth-order valence-corrected chi connectivity index (χ4v) is 1.48. The minimum Gasteiger partial charge on any atom is -0.459 e. The number of carbonyl (C=O) groups excluding carboxylic acids is 1. The quantitative estimate of drug-likeness (QED) is 0.825. The fraction of sp³-hybridized carbons (Fsp3) is 0.429. The van der Waals surface area contributed by atoms with Crippen LogP contribution in [0.3, 0.4) is 0 Å². The van der Waals surface area contributed by atoms with Gasteiger partial charge in [-0.3, -0.25) is 4.79 Å². The monoisotopic (exact) mass is 246 g/mol. The number of carbonyl (C=O) groups is 1. The van der Waals surface area contributed by atoms with Gasteiger partial charge in [-0.15, -0.1) is 0 Å². The number of hydrogen-bond acceptors (Lipinski definition) is 4. The van der Waals surface area contributed by atoms with Gasteiger partial charge in [0.05, 0.1) is 11.6 Å². The van der Waals surface area contributed by atoms with E-state index in [4.69, 9.17) is 15.7 Å². The Kier molecular flexibility index (Phi) is 4.46. The van der Waals surface area contributed by atoms with E-state index in [1.165, 1.54) is 0 Å². The lowest BCUT2D eigenvalue weighted by atomic mass is 10.0. The van der Waals surface area contributed by atoms with Crippen LogP contribution in [0.15, 0.2) is 24.3 Å². The molecule has 1 aromatic carbocycles. The SMILES string of the molecule is CC(C)(C)OC(=O)[C@@H](N)Cc1cccc(C#N)c1. The van der Waals surface area contributed by atoms with E-state index in [2.05, 4.69) is 6.07 Å². The second kappa shape index (κ2) is 5.65. The highest BCUT2D eigenvalue weighted by Crippen LogP contribution is 2.11. The molecule has 0 aromatic heterocycles. The molecule has 0 heterocycles. The number of nitrogens with two attached hydrogens (primary N) is 1. The molecule has 0 unspecified atom stereocenters. The lowest BCUT2D eigenvalue weighted by Gasteiger charge is -2.22. The first-order valence-corrected chi connectivity index (χ1v) is 5.79. The molecule has 0 fully saturated rings. The zero-order valence-electron chi connectivity index (χ0n) is 10.9. The molecule has 0 saturated carbocycles. The third kappa shape index (κ3) is 4.56. The van der Waals surface area contributed by atoms with E-state index < -0.39 is 17.6 Å². The standard InChI is InChI=1S/C14H18N2O2/c1-14(2,3)18-13(17)12(16)8-10-5-4-6-11(7-10)9-15/h4-7,12H,8,16H2,1-3H3/t12-/m0/s1. The van der Waals surface area contributed by atoms with Gasteiger partial charge in [0.25, 0.3) is 0 Å². The summed E-state index contributed by atoms with van der Waals surface area (Å²) < 4.78 is 5.20. The van der Waals surface area contributed by atoms with Crippen molar-refractivity contribution in [1.29, 1.82) is 5.26 Å². The van der Waals surface area contributed by atoms with E-state index in [-0.39, 0.29) is 0 Å². The molecule has 96 valence electrons. The Hall–Kier alpha value is -1.86. The summed E-state index contributed by atoms with van der Waals surface area (Å²) in [5.41, 5.74) is 6.67. The van der Waals surface area contributed by atoms with E-state index in [1.807, 2.05) is 6.07 Å². The number of nitrogens with zero attached hydrogens (tertiary/aromatic N) is 1. The van der Waals surface area contributed by atoms with E-state index in [0.29, 0.717) is 12.0 Å². The third-order valence-electron chi connectivity index (χ3n) is 2.22. The van der Waals surface area contributed by atoms with Crippen LogP contribution in [0.5, 0.6) is 0 Å². The molecule has 0 spiro atoms. The molecule has 1 rings (SSSR count). The predicted molar refractivity (Wildman–Crippen MR) is 68.7 cm³/mol. The molecule has 0 aliphatic carbocycles. The topological polar surface area (TPSA) is 76.1 Å². The van der Waals surface area contributed by atoms with Crippen molar-refractivity contribution < 1.29 is 9.53 Å². The Labute approximate surface area is 107 Å². The summed E-state index contributed by atoms with van der Waals surface area (Å²) in [4.78, 5) is 11.7. The lowest BCUT2D eigenvalue weighted by molar-refractivity contribution is -0.156. The van der Waals surface area contributed by atoms with Crippen molar-refractivity contribution in [2.45, 2.75) is 38.8 Å². The maximum atomic E-state index is 11.7.